The third kappa shape index (κ3) is 9.16. The largest absolute Gasteiger partial charge is 0.383 e. The van der Waals surface area contributed by atoms with Crippen molar-refractivity contribution >= 4 is 24.6 Å². The maximum Gasteiger partial charge on any atom is 0.253 e. The Balaban J connectivity index is 0.00000163. The number of benzene rings is 2. The minimum atomic E-state index is -0.348. The van der Waals surface area contributed by atoms with Crippen LogP contribution in [0.1, 0.15) is 32.7 Å². The zero-order chi connectivity index (χ0) is 28.0. The van der Waals surface area contributed by atoms with Crippen molar-refractivity contribution in [2.24, 2.45) is 5.92 Å². The summed E-state index contributed by atoms with van der Waals surface area (Å²) in [5.74, 6) is -0.218. The Kier molecular flexibility index (Phi) is 13.9. The van der Waals surface area contributed by atoms with E-state index >= 15 is 0 Å². The van der Waals surface area contributed by atoms with Gasteiger partial charge in [-0.1, -0.05) is 12.6 Å². The molecular weight excluding hydrogens is 497 g/mol. The number of halogens is 5. The van der Waals surface area contributed by atoms with E-state index in [0.717, 1.165) is 29.0 Å². The van der Waals surface area contributed by atoms with Gasteiger partial charge in [0.15, 0.2) is 0 Å². The first-order chi connectivity index (χ1) is 17.8. The fourth-order valence-corrected chi connectivity index (χ4v) is 4.19. The first-order valence-electron chi connectivity index (χ1n) is 11.4. The van der Waals surface area contributed by atoms with E-state index in [1.54, 1.807) is 13.2 Å². The molecule has 6 nitrogen and oxygen atoms in total. The average molecular weight is 530 g/mol. The topological polar surface area (TPSA) is 61.9 Å². The number of amides is 2. The number of ether oxygens (including phenoxy) is 1. The van der Waals surface area contributed by atoms with E-state index in [-0.39, 0.29) is 17.6 Å². The van der Waals surface area contributed by atoms with E-state index in [1.165, 1.54) is 24.3 Å². The fraction of sp³-hybridized carbons (Fsp3) is 0.385. The van der Waals surface area contributed by atoms with Crippen molar-refractivity contribution in [3.05, 3.63) is 69.3 Å². The standard InChI is InChI=1S/C26H32FN3O3.2F2/c1-18-5-10-23(25(31)28-12-14-33-4)19(2)24(18)17-29(3)15-20-11-13-30(16-20)26(32)21-6-8-22(27)9-7-21;2*1-2/h5-10,17,20H,1,11-16H2,2-4H3,(H,28,31);;/b24-17+;;. The van der Waals surface area contributed by atoms with Crippen molar-refractivity contribution in [1.29, 1.82) is 0 Å². The molecule has 37 heavy (non-hydrogen) atoms. The van der Waals surface area contributed by atoms with Crippen molar-refractivity contribution in [2.45, 2.75) is 13.3 Å². The summed E-state index contributed by atoms with van der Waals surface area (Å²) in [6.07, 6.45) is 2.93. The number of likely N-dealkylation sites (tertiary alicyclic amines) is 1. The summed E-state index contributed by atoms with van der Waals surface area (Å²) >= 11 is 0. The van der Waals surface area contributed by atoms with Gasteiger partial charge in [0, 0.05) is 81.2 Å². The third-order valence-corrected chi connectivity index (χ3v) is 6.00. The Morgan fingerprint density at radius 2 is 1.81 bits per heavy atom. The molecule has 2 amide bonds. The minimum Gasteiger partial charge on any atom is -0.383 e. The molecule has 1 aliphatic rings. The Bertz CT molecular complexity index is 1120. The van der Waals surface area contributed by atoms with E-state index < -0.39 is 0 Å². The van der Waals surface area contributed by atoms with E-state index in [1.807, 2.05) is 31.1 Å². The molecule has 1 unspecified atom stereocenters. The number of hydrogen-bond acceptors (Lipinski definition) is 4. The van der Waals surface area contributed by atoms with E-state index in [0.29, 0.717) is 43.3 Å². The van der Waals surface area contributed by atoms with Crippen molar-refractivity contribution < 1.29 is 37.0 Å². The van der Waals surface area contributed by atoms with Crippen molar-refractivity contribution in [3.8, 4) is 0 Å². The van der Waals surface area contributed by atoms with Crippen molar-refractivity contribution in [1.82, 2.24) is 15.1 Å². The first-order valence-corrected chi connectivity index (χ1v) is 11.4. The second-order valence-corrected chi connectivity index (χ2v) is 8.54. The molecule has 0 saturated carbocycles. The Morgan fingerprint density at radius 1 is 1.16 bits per heavy atom. The summed E-state index contributed by atoms with van der Waals surface area (Å²) < 4.78 is 50.1. The van der Waals surface area contributed by atoms with Crippen LogP contribution in [0.4, 0.5) is 22.7 Å². The second kappa shape index (κ2) is 16.3. The van der Waals surface area contributed by atoms with Gasteiger partial charge in [0.2, 0.25) is 0 Å². The number of hydrogen-bond donors (Lipinski definition) is 1. The molecule has 0 aromatic heterocycles. The highest BCUT2D eigenvalue weighted by Gasteiger charge is 2.27. The highest BCUT2D eigenvalue weighted by molar-refractivity contribution is 5.95. The molecule has 3 rings (SSSR count). The zero-order valence-electron chi connectivity index (χ0n) is 21.1. The smallest absolute Gasteiger partial charge is 0.253 e. The number of carbonyl (C=O) groups excluding carboxylic acids is 2. The molecule has 0 radical (unpaired) electrons. The van der Waals surface area contributed by atoms with Crippen LogP contribution >= 0.6 is 0 Å². The zero-order valence-corrected chi connectivity index (χ0v) is 21.1. The van der Waals surface area contributed by atoms with Gasteiger partial charge in [0.05, 0.1) is 6.61 Å². The van der Waals surface area contributed by atoms with Crippen LogP contribution in [-0.2, 0) is 4.74 Å². The molecule has 1 atom stereocenters. The second-order valence-electron chi connectivity index (χ2n) is 8.54. The van der Waals surface area contributed by atoms with Gasteiger partial charge in [0.25, 0.3) is 11.8 Å². The molecule has 0 spiro atoms. The monoisotopic (exact) mass is 529 g/mol. The molecule has 1 N–H and O–H groups in total. The Hall–Kier alpha value is -3.47. The lowest BCUT2D eigenvalue weighted by Gasteiger charge is -2.21. The van der Waals surface area contributed by atoms with Crippen LogP contribution in [0.15, 0.2) is 36.4 Å². The van der Waals surface area contributed by atoms with Crippen molar-refractivity contribution in [2.75, 3.05) is 46.9 Å². The molecule has 1 aliphatic heterocycles. The number of nitrogens with zero attached hydrogens (tertiary/aromatic N) is 2. The summed E-state index contributed by atoms with van der Waals surface area (Å²) in [5, 5.41) is 4.64. The fourth-order valence-electron chi connectivity index (χ4n) is 4.19. The Labute approximate surface area is 212 Å². The molecule has 1 fully saturated rings. The van der Waals surface area contributed by atoms with Crippen LogP contribution in [-0.4, -0.2) is 68.6 Å². The average Bonchev–Trinajstić information content (AvgIpc) is 3.37. The highest BCUT2D eigenvalue weighted by Crippen LogP contribution is 2.20. The molecule has 0 aliphatic carbocycles. The number of nitrogens with one attached hydrogen (secondary N) is 1. The summed E-state index contributed by atoms with van der Waals surface area (Å²) in [6, 6.07) is 9.34. The first kappa shape index (κ1) is 31.6. The van der Waals surface area contributed by atoms with Crippen LogP contribution in [0.3, 0.4) is 0 Å². The van der Waals surface area contributed by atoms with Crippen LogP contribution < -0.4 is 15.8 Å². The molecule has 11 heteroatoms. The SMILES string of the molecule is C=c1ccc(C(=O)NCCOC)c(C)/c1=C/N(C)CC1CCN(C(=O)c2ccc(F)cc2)C1.FF.FF. The van der Waals surface area contributed by atoms with Crippen LogP contribution in [0, 0.1) is 18.7 Å². The molecule has 1 saturated heterocycles. The van der Waals surface area contributed by atoms with Gasteiger partial charge in [-0.25, -0.2) is 4.39 Å². The van der Waals surface area contributed by atoms with Gasteiger partial charge in [-0.05, 0) is 60.4 Å². The van der Waals surface area contributed by atoms with E-state index in [4.69, 9.17) is 23.0 Å². The molecule has 204 valence electrons. The highest BCUT2D eigenvalue weighted by atomic mass is 20.0. The summed E-state index contributed by atoms with van der Waals surface area (Å²) in [4.78, 5) is 29.2. The maximum atomic E-state index is 13.1. The van der Waals surface area contributed by atoms with E-state index in [9.17, 15) is 14.0 Å². The van der Waals surface area contributed by atoms with Gasteiger partial charge in [-0.15, -0.1) is 0 Å². The van der Waals surface area contributed by atoms with Gasteiger partial charge in [0.1, 0.15) is 5.82 Å². The third-order valence-electron chi connectivity index (χ3n) is 6.00. The van der Waals surface area contributed by atoms with Crippen LogP contribution in [0.2, 0.25) is 0 Å². The van der Waals surface area contributed by atoms with Gasteiger partial charge in [-0.3, -0.25) is 9.59 Å². The van der Waals surface area contributed by atoms with E-state index in [2.05, 4.69) is 16.8 Å². The molecule has 2 aromatic carbocycles. The molecular formula is C26H32F5N3O3. The number of carbonyl (C=O) groups is 2. The van der Waals surface area contributed by atoms with Crippen LogP contribution in [0.5, 0.6) is 0 Å². The lowest BCUT2D eigenvalue weighted by atomic mass is 10.0. The molecule has 1 heterocycles. The minimum absolute atomic E-state index is 0.0628. The summed E-state index contributed by atoms with van der Waals surface area (Å²) in [5.41, 5.74) is 2.01. The summed E-state index contributed by atoms with van der Waals surface area (Å²) in [7, 11) is 3.59. The normalized spacial score (nSPS) is 14.8. The molecule has 0 bridgehead atoms. The lowest BCUT2D eigenvalue weighted by molar-refractivity contribution is 0.0785. The molecule has 2 aromatic rings. The van der Waals surface area contributed by atoms with Gasteiger partial charge in [-0.2, -0.15) is 0 Å². The van der Waals surface area contributed by atoms with Gasteiger partial charge < -0.3 is 19.9 Å². The summed E-state index contributed by atoms with van der Waals surface area (Å²) in [6.45, 7) is 9.09. The van der Waals surface area contributed by atoms with Gasteiger partial charge >= 0.3 is 0 Å². The maximum absolute atomic E-state index is 13.1. The lowest BCUT2D eigenvalue weighted by Crippen LogP contribution is -2.35. The number of methoxy groups -OCH3 is 1. The predicted octanol–water partition coefficient (Wildman–Crippen LogP) is 3.43. The van der Waals surface area contributed by atoms with Crippen molar-refractivity contribution in [3.63, 3.8) is 0 Å². The Morgan fingerprint density at radius 3 is 2.43 bits per heavy atom. The van der Waals surface area contributed by atoms with Crippen LogP contribution in [0.25, 0.3) is 12.8 Å². The number of rotatable bonds is 8. The quantitative estimate of drug-likeness (QED) is 0.421. The predicted molar refractivity (Wildman–Crippen MR) is 132 cm³/mol.